The second kappa shape index (κ2) is 16.4. The molecule has 13 nitrogen and oxygen atoms in total. The Morgan fingerprint density at radius 2 is 1.30 bits per heavy atom. The summed E-state index contributed by atoms with van der Waals surface area (Å²) in [5, 5.41) is 14.3. The summed E-state index contributed by atoms with van der Waals surface area (Å²) in [6.07, 6.45) is 11.8. The number of nitrogens with one attached hydrogen (secondary N) is 2. The molecule has 6 aliphatic rings. The van der Waals surface area contributed by atoms with Crippen LogP contribution in [0.15, 0.2) is 36.3 Å². The molecule has 64 heavy (non-hydrogen) atoms. The molecule has 0 spiro atoms. The van der Waals surface area contributed by atoms with E-state index in [-0.39, 0.29) is 34.5 Å². The molecule has 0 saturated heterocycles. The minimum Gasteiger partial charge on any atom is -0.481 e. The Morgan fingerprint density at radius 3 is 1.86 bits per heavy atom. The van der Waals surface area contributed by atoms with E-state index in [9.17, 15) is 19.5 Å². The zero-order valence-corrected chi connectivity index (χ0v) is 37.1. The summed E-state index contributed by atoms with van der Waals surface area (Å²) in [7, 11) is 0.930. The van der Waals surface area contributed by atoms with Gasteiger partial charge < -0.3 is 29.6 Å². The van der Waals surface area contributed by atoms with Gasteiger partial charge in [-0.15, -0.1) is 0 Å². The number of hydrogen-bond donors (Lipinski definition) is 3. The van der Waals surface area contributed by atoms with Gasteiger partial charge in [0.15, 0.2) is 17.5 Å². The number of hydrogen-bond acceptors (Lipinski definition) is 8. The molecule has 4 heterocycles. The molecule has 4 saturated carbocycles. The molecule has 0 unspecified atom stereocenters. The number of amides is 2. The van der Waals surface area contributed by atoms with Crippen LogP contribution in [0.2, 0.25) is 5.02 Å². The number of carbonyl (C=O) groups excluding carboxylic acids is 2. The SMILES string of the molecule is [2H]c1c([2H])c(NC(=O)c2nc3c(n2C)CCN(CCC24CCC(COC([2H])([2H])[2H])(CC2)C4)C3)c(F)c(-c2c([2H])c([2H])c([2H])c(NC(=O)c3nc4c(n3C)CCN(CCC35CCC(C(=O)O)(CC3)C5)C4)c2Cl)c1[2H]. The van der Waals surface area contributed by atoms with E-state index in [0.717, 1.165) is 82.3 Å². The Morgan fingerprint density at radius 1 is 0.781 bits per heavy atom. The van der Waals surface area contributed by atoms with Gasteiger partial charge in [-0.25, -0.2) is 14.4 Å². The molecule has 2 aromatic heterocycles. The Labute approximate surface area is 391 Å². The summed E-state index contributed by atoms with van der Waals surface area (Å²) in [6, 6.07) is -4.74. The smallest absolute Gasteiger partial charge is 0.309 e. The quantitative estimate of drug-likeness (QED) is 0.114. The van der Waals surface area contributed by atoms with Gasteiger partial charge in [0.1, 0.15) is 0 Å². The first-order valence-corrected chi connectivity index (χ1v) is 22.9. The second-order valence-corrected chi connectivity index (χ2v) is 20.2. The van der Waals surface area contributed by atoms with Crippen LogP contribution in [0.5, 0.6) is 0 Å². The lowest BCUT2D eigenvalue weighted by atomic mass is 9.80. The zero-order chi connectivity index (χ0) is 52.3. The Hall–Kier alpha value is -4.63. The van der Waals surface area contributed by atoms with Gasteiger partial charge in [0.2, 0.25) is 0 Å². The van der Waals surface area contributed by atoms with Crippen LogP contribution in [-0.2, 0) is 49.6 Å². The third-order valence-electron chi connectivity index (χ3n) is 16.3. The summed E-state index contributed by atoms with van der Waals surface area (Å²) in [5.41, 5.74) is -0.213. The fourth-order valence-electron chi connectivity index (χ4n) is 12.5. The largest absolute Gasteiger partial charge is 0.481 e. The van der Waals surface area contributed by atoms with Crippen LogP contribution in [0, 0.1) is 27.5 Å². The number of rotatable bonds is 14. The summed E-state index contributed by atoms with van der Waals surface area (Å²) in [4.78, 5) is 53.9. The van der Waals surface area contributed by atoms with Crippen LogP contribution in [0.25, 0.3) is 11.1 Å². The normalized spacial score (nSPS) is 29.4. The second-order valence-electron chi connectivity index (χ2n) is 19.8. The summed E-state index contributed by atoms with van der Waals surface area (Å²) in [6.45, 7) is 4.10. The first kappa shape index (κ1) is 33.8. The maximum absolute atomic E-state index is 17.0. The molecule has 10 rings (SSSR count). The van der Waals surface area contributed by atoms with Crippen molar-refractivity contribution in [2.24, 2.45) is 35.8 Å². The van der Waals surface area contributed by atoms with E-state index >= 15 is 4.39 Å². The highest BCUT2D eigenvalue weighted by Crippen LogP contribution is 2.64. The maximum atomic E-state index is 17.0. The van der Waals surface area contributed by atoms with E-state index in [1.807, 2.05) is 0 Å². The van der Waals surface area contributed by atoms with Gasteiger partial charge in [-0.3, -0.25) is 24.2 Å². The fraction of sp³-hybridized carbons (Fsp3) is 0.571. The highest BCUT2D eigenvalue weighted by molar-refractivity contribution is 6.36. The molecule has 4 aliphatic carbocycles. The number of benzene rings is 2. The molecule has 15 heteroatoms. The first-order valence-electron chi connectivity index (χ1n) is 27.0. The van der Waals surface area contributed by atoms with Crippen molar-refractivity contribution in [3.8, 4) is 11.1 Å². The number of anilines is 2. The monoisotopic (exact) mass is 903 g/mol. The number of carboxylic acids is 1. The molecule has 3 N–H and O–H groups in total. The number of carboxylic acid groups (broad SMARTS) is 1. The Bertz CT molecular complexity index is 2970. The first-order chi connectivity index (χ1) is 34.4. The standard InChI is InChI=1S/C49H60ClFN8O5/c1-56-37-11-23-59(25-21-47-16-18-49(29-47,19-17-47)45(62)63)27-35(37)52-41(56)43(60)54-33-8-4-6-31(39(33)50)32-7-5-9-34(40(32)51)55-44(61)42-53-36-26-58(22-10-38(36)57(42)2)24-20-46-12-14-48(28-46,15-13-46)30-64-3/h4-9H,10-30H2,1-3H3,(H,54,60)(H,55,61)(H,62,63)/i3D3,4D,5D,6D,7D,8D,9D. The molecule has 2 aliphatic heterocycles. The number of nitrogens with zero attached hydrogens (tertiary/aromatic N) is 6. The average Bonchev–Trinajstić information content (AvgIpc) is 4.23. The molecule has 4 fully saturated rings. The van der Waals surface area contributed by atoms with Gasteiger partial charge in [-0.05, 0) is 118 Å². The number of carbonyl (C=O) groups is 3. The van der Waals surface area contributed by atoms with Gasteiger partial charge in [-0.2, -0.15) is 0 Å². The topological polar surface area (TPSA) is 147 Å². The van der Waals surface area contributed by atoms with Crippen LogP contribution in [0.1, 0.15) is 133 Å². The number of fused-ring (bicyclic) bond motifs is 6. The number of imidazole rings is 2. The minimum atomic E-state index is -2.41. The van der Waals surface area contributed by atoms with E-state index in [1.165, 1.54) is 0 Å². The average molecular weight is 905 g/mol. The molecule has 4 aromatic rings. The van der Waals surface area contributed by atoms with E-state index in [0.29, 0.717) is 69.7 Å². The van der Waals surface area contributed by atoms with Gasteiger partial charge in [0.05, 0.1) is 52.1 Å². The maximum Gasteiger partial charge on any atom is 0.309 e. The Kier molecular flexibility index (Phi) is 8.64. The third-order valence-corrected chi connectivity index (χ3v) is 16.7. The lowest BCUT2D eigenvalue weighted by molar-refractivity contribution is -0.148. The van der Waals surface area contributed by atoms with Crippen molar-refractivity contribution >= 4 is 40.8 Å². The van der Waals surface area contributed by atoms with Crippen molar-refractivity contribution < 1.29 is 41.0 Å². The molecule has 4 bridgehead atoms. The summed E-state index contributed by atoms with van der Waals surface area (Å²) in [5.74, 6) is -3.89. The van der Waals surface area contributed by atoms with Gasteiger partial charge in [0.25, 0.3) is 11.8 Å². The minimum absolute atomic E-state index is 0.0193. The van der Waals surface area contributed by atoms with Crippen molar-refractivity contribution in [3.63, 3.8) is 0 Å². The van der Waals surface area contributed by atoms with Crippen molar-refractivity contribution in [1.82, 2.24) is 28.9 Å². The molecule has 0 radical (unpaired) electrons. The lowest BCUT2D eigenvalue weighted by Crippen LogP contribution is -2.34. The van der Waals surface area contributed by atoms with Crippen LogP contribution < -0.4 is 10.6 Å². The number of ether oxygens (including phenoxy) is 1. The predicted octanol–water partition coefficient (Wildman–Crippen LogP) is 8.25. The van der Waals surface area contributed by atoms with Crippen LogP contribution >= 0.6 is 11.6 Å². The molecule has 2 amide bonds. The van der Waals surface area contributed by atoms with Crippen molar-refractivity contribution in [1.29, 1.82) is 0 Å². The van der Waals surface area contributed by atoms with E-state index in [2.05, 4.69) is 30.4 Å². The third kappa shape index (κ3) is 7.55. The fourth-order valence-corrected chi connectivity index (χ4v) is 12.7. The molecular formula is C49H60ClFN8O5. The molecular weight excluding hydrogens is 835 g/mol. The number of halogens is 2. The van der Waals surface area contributed by atoms with E-state index in [4.69, 9.17) is 28.7 Å². The van der Waals surface area contributed by atoms with Gasteiger partial charge >= 0.3 is 5.97 Å². The van der Waals surface area contributed by atoms with Crippen molar-refractivity contribution in [2.75, 3.05) is 50.5 Å². The highest BCUT2D eigenvalue weighted by atomic mass is 35.5. The van der Waals surface area contributed by atoms with E-state index in [1.54, 1.807) is 23.2 Å². The van der Waals surface area contributed by atoms with Crippen LogP contribution in [0.4, 0.5) is 15.8 Å². The molecule has 0 atom stereocenters. The zero-order valence-electron chi connectivity index (χ0n) is 45.4. The summed E-state index contributed by atoms with van der Waals surface area (Å²) >= 11 is 6.86. The molecule has 2 aromatic carbocycles. The van der Waals surface area contributed by atoms with Crippen LogP contribution in [0.3, 0.4) is 0 Å². The summed E-state index contributed by atoms with van der Waals surface area (Å²) < 4.78 is 100. The number of aromatic nitrogens is 4. The lowest BCUT2D eigenvalue weighted by Gasteiger charge is -2.32. The molecule has 340 valence electrons. The number of methoxy groups -OCH3 is 1. The predicted molar refractivity (Wildman–Crippen MR) is 242 cm³/mol. The van der Waals surface area contributed by atoms with Crippen molar-refractivity contribution in [3.05, 3.63) is 81.5 Å². The van der Waals surface area contributed by atoms with Crippen molar-refractivity contribution in [2.45, 2.75) is 103 Å². The van der Waals surface area contributed by atoms with Gasteiger partial charge in [0, 0.05) is 82.7 Å². The number of aliphatic carboxylic acids is 1. The van der Waals surface area contributed by atoms with E-state index < -0.39 is 99.8 Å². The Balaban J connectivity index is 0.842. The van der Waals surface area contributed by atoms with Gasteiger partial charge in [-0.1, -0.05) is 35.8 Å². The highest BCUT2D eigenvalue weighted by Gasteiger charge is 2.58. The van der Waals surface area contributed by atoms with Crippen LogP contribution in [-0.4, -0.2) is 91.6 Å².